The average Bonchev–Trinajstić information content (AvgIpc) is 2.83. The van der Waals surface area contributed by atoms with Crippen LogP contribution in [0.1, 0.15) is 11.1 Å². The zero-order valence-electron chi connectivity index (χ0n) is 18.3. The molecule has 0 spiro atoms. The van der Waals surface area contributed by atoms with Gasteiger partial charge < -0.3 is 28.8 Å². The van der Waals surface area contributed by atoms with Crippen LogP contribution in [0.2, 0.25) is 0 Å². The minimum atomic E-state index is -1.19. The summed E-state index contributed by atoms with van der Waals surface area (Å²) in [6.45, 7) is 8.96. The van der Waals surface area contributed by atoms with E-state index in [2.05, 4.69) is 13.2 Å². The van der Waals surface area contributed by atoms with Gasteiger partial charge >= 0.3 is 0 Å². The zero-order chi connectivity index (χ0) is 22.6. The molecule has 0 amide bonds. The third kappa shape index (κ3) is 7.10. The van der Waals surface area contributed by atoms with Crippen LogP contribution in [-0.2, 0) is 36.9 Å². The third-order valence-electron chi connectivity index (χ3n) is 5.10. The lowest BCUT2D eigenvalue weighted by atomic mass is 9.98. The topological polar surface area (TPSA) is 66.4 Å². The van der Waals surface area contributed by atoms with E-state index in [0.29, 0.717) is 26.4 Å². The summed E-state index contributed by atoms with van der Waals surface area (Å²) in [5.41, 5.74) is 2.00. The number of aliphatic hydroxyl groups is 1. The fourth-order valence-electron chi connectivity index (χ4n) is 3.58. The number of rotatable bonds is 13. The SMILES string of the molecule is C=CCOC[C@H]1O[C@H](O)[C@@H](OCc2ccccc2)[C@@H](OCc2ccccc2)[C@@H]1OCC=C. The molecule has 1 aliphatic heterocycles. The van der Waals surface area contributed by atoms with Crippen molar-refractivity contribution in [2.45, 2.75) is 43.9 Å². The number of hydrogen-bond acceptors (Lipinski definition) is 6. The van der Waals surface area contributed by atoms with E-state index in [9.17, 15) is 5.11 Å². The Balaban J connectivity index is 1.78. The molecule has 2 aromatic rings. The molecule has 5 atom stereocenters. The summed E-state index contributed by atoms with van der Waals surface area (Å²) in [5, 5.41) is 10.8. The molecule has 6 nitrogen and oxygen atoms in total. The van der Waals surface area contributed by atoms with Gasteiger partial charge in [-0.3, -0.25) is 0 Å². The summed E-state index contributed by atoms with van der Waals surface area (Å²) < 4.78 is 29.9. The van der Waals surface area contributed by atoms with Gasteiger partial charge in [0.05, 0.1) is 33.0 Å². The first-order chi connectivity index (χ1) is 15.7. The molecule has 0 unspecified atom stereocenters. The Bertz CT molecular complexity index is 796. The maximum absolute atomic E-state index is 10.8. The molecule has 3 rings (SSSR count). The summed E-state index contributed by atoms with van der Waals surface area (Å²) in [7, 11) is 0. The van der Waals surface area contributed by atoms with E-state index in [4.69, 9.17) is 23.7 Å². The predicted octanol–water partition coefficient (Wildman–Crippen LogP) is 3.65. The Labute approximate surface area is 190 Å². The molecular weight excluding hydrogens is 408 g/mol. The molecule has 32 heavy (non-hydrogen) atoms. The number of hydrogen-bond donors (Lipinski definition) is 1. The second kappa shape index (κ2) is 13.3. The third-order valence-corrected chi connectivity index (χ3v) is 5.10. The highest BCUT2D eigenvalue weighted by Crippen LogP contribution is 2.29. The smallest absolute Gasteiger partial charge is 0.184 e. The van der Waals surface area contributed by atoms with Crippen molar-refractivity contribution in [3.8, 4) is 0 Å². The standard InChI is InChI=1S/C26H32O6/c1-3-15-28-19-22-23(29-16-4-2)24(30-17-20-11-7-5-8-12-20)25(26(27)32-22)31-18-21-13-9-6-10-14-21/h3-14,22-27H,1-2,15-19H2/t22-,23-,24+,25+,26+/m1/s1. The second-order valence-electron chi connectivity index (χ2n) is 7.50. The molecule has 0 aromatic heterocycles. The van der Waals surface area contributed by atoms with Crippen LogP contribution in [0, 0.1) is 0 Å². The van der Waals surface area contributed by atoms with Gasteiger partial charge in [0.25, 0.3) is 0 Å². The van der Waals surface area contributed by atoms with Crippen molar-refractivity contribution in [3.05, 3.63) is 97.1 Å². The normalized spacial score (nSPS) is 25.3. The molecule has 1 saturated heterocycles. The lowest BCUT2D eigenvalue weighted by Crippen LogP contribution is -2.61. The molecule has 1 fully saturated rings. The van der Waals surface area contributed by atoms with Gasteiger partial charge in [-0.2, -0.15) is 0 Å². The average molecular weight is 441 g/mol. The first-order valence-electron chi connectivity index (χ1n) is 10.8. The Morgan fingerprint density at radius 2 is 1.31 bits per heavy atom. The van der Waals surface area contributed by atoms with Crippen molar-refractivity contribution in [3.63, 3.8) is 0 Å². The van der Waals surface area contributed by atoms with Crippen LogP contribution < -0.4 is 0 Å². The van der Waals surface area contributed by atoms with Crippen molar-refractivity contribution in [1.29, 1.82) is 0 Å². The molecule has 1 heterocycles. The molecule has 0 saturated carbocycles. The highest BCUT2D eigenvalue weighted by Gasteiger charge is 2.47. The van der Waals surface area contributed by atoms with Gasteiger partial charge in [-0.15, -0.1) is 13.2 Å². The van der Waals surface area contributed by atoms with Crippen molar-refractivity contribution in [2.24, 2.45) is 0 Å². The fourth-order valence-corrected chi connectivity index (χ4v) is 3.58. The number of aliphatic hydroxyl groups excluding tert-OH is 1. The molecule has 1 N–H and O–H groups in total. The maximum Gasteiger partial charge on any atom is 0.184 e. The largest absolute Gasteiger partial charge is 0.375 e. The maximum atomic E-state index is 10.8. The molecule has 2 aromatic carbocycles. The first-order valence-corrected chi connectivity index (χ1v) is 10.8. The van der Waals surface area contributed by atoms with E-state index in [1.54, 1.807) is 12.2 Å². The van der Waals surface area contributed by atoms with Crippen molar-refractivity contribution < 1.29 is 28.8 Å². The van der Waals surface area contributed by atoms with E-state index in [0.717, 1.165) is 11.1 Å². The Hall–Kier alpha value is -2.32. The van der Waals surface area contributed by atoms with Crippen LogP contribution in [0.5, 0.6) is 0 Å². The summed E-state index contributed by atoms with van der Waals surface area (Å²) in [5.74, 6) is 0. The molecular formula is C26H32O6. The van der Waals surface area contributed by atoms with Crippen molar-refractivity contribution >= 4 is 0 Å². The van der Waals surface area contributed by atoms with Gasteiger partial charge in [-0.1, -0.05) is 72.8 Å². The van der Waals surface area contributed by atoms with Gasteiger partial charge in [0.1, 0.15) is 24.4 Å². The Morgan fingerprint density at radius 1 is 0.750 bits per heavy atom. The minimum absolute atomic E-state index is 0.224. The van der Waals surface area contributed by atoms with Crippen LogP contribution in [0.4, 0.5) is 0 Å². The van der Waals surface area contributed by atoms with Crippen molar-refractivity contribution in [2.75, 3.05) is 19.8 Å². The fraction of sp³-hybridized carbons (Fsp3) is 0.385. The van der Waals surface area contributed by atoms with Crippen LogP contribution in [-0.4, -0.2) is 55.6 Å². The monoisotopic (exact) mass is 440 g/mol. The van der Waals surface area contributed by atoms with Gasteiger partial charge in [-0.05, 0) is 11.1 Å². The summed E-state index contributed by atoms with van der Waals surface area (Å²) in [6, 6.07) is 19.6. The van der Waals surface area contributed by atoms with E-state index in [-0.39, 0.29) is 6.61 Å². The predicted molar refractivity (Wildman–Crippen MR) is 122 cm³/mol. The summed E-state index contributed by atoms with van der Waals surface area (Å²) in [6.07, 6.45) is -0.257. The Kier molecular flexibility index (Phi) is 10.1. The Morgan fingerprint density at radius 3 is 1.88 bits per heavy atom. The number of benzene rings is 2. The van der Waals surface area contributed by atoms with Crippen molar-refractivity contribution in [1.82, 2.24) is 0 Å². The van der Waals surface area contributed by atoms with E-state index < -0.39 is 30.7 Å². The van der Waals surface area contributed by atoms with Crippen LogP contribution in [0.15, 0.2) is 86.0 Å². The zero-order valence-corrected chi connectivity index (χ0v) is 18.3. The highest BCUT2D eigenvalue weighted by atomic mass is 16.7. The molecule has 6 heteroatoms. The van der Waals surface area contributed by atoms with Crippen LogP contribution in [0.25, 0.3) is 0 Å². The lowest BCUT2D eigenvalue weighted by molar-refractivity contribution is -0.314. The first kappa shape index (κ1) is 24.3. The summed E-state index contributed by atoms with van der Waals surface area (Å²) in [4.78, 5) is 0. The van der Waals surface area contributed by atoms with Gasteiger partial charge in [0.15, 0.2) is 6.29 Å². The molecule has 0 radical (unpaired) electrons. The minimum Gasteiger partial charge on any atom is -0.375 e. The molecule has 1 aliphatic rings. The molecule has 172 valence electrons. The molecule has 0 aliphatic carbocycles. The summed E-state index contributed by atoms with van der Waals surface area (Å²) >= 11 is 0. The van der Waals surface area contributed by atoms with Crippen LogP contribution in [0.3, 0.4) is 0 Å². The van der Waals surface area contributed by atoms with E-state index >= 15 is 0 Å². The van der Waals surface area contributed by atoms with Crippen LogP contribution >= 0.6 is 0 Å². The molecule has 0 bridgehead atoms. The second-order valence-corrected chi connectivity index (χ2v) is 7.50. The van der Waals surface area contributed by atoms with E-state index in [1.165, 1.54) is 0 Å². The quantitative estimate of drug-likeness (QED) is 0.379. The lowest BCUT2D eigenvalue weighted by Gasteiger charge is -2.44. The van der Waals surface area contributed by atoms with Gasteiger partial charge in [0.2, 0.25) is 0 Å². The highest BCUT2D eigenvalue weighted by molar-refractivity contribution is 5.14. The van der Waals surface area contributed by atoms with E-state index in [1.807, 2.05) is 60.7 Å². The number of ether oxygens (including phenoxy) is 5. The van der Waals surface area contributed by atoms with Gasteiger partial charge in [0, 0.05) is 0 Å². The van der Waals surface area contributed by atoms with Gasteiger partial charge in [-0.25, -0.2) is 0 Å².